The summed E-state index contributed by atoms with van der Waals surface area (Å²) in [6.45, 7) is 13.0. The topological polar surface area (TPSA) is 51.5 Å². The average Bonchev–Trinajstić information content (AvgIpc) is 2.65. The molecule has 1 N–H and O–H groups in total. The molecule has 2 aromatic rings. The van der Waals surface area contributed by atoms with Crippen molar-refractivity contribution >= 4 is 64.9 Å². The lowest BCUT2D eigenvalue weighted by Gasteiger charge is -2.36. The second-order valence-electron chi connectivity index (χ2n) is 9.05. The SMILES string of the molecule is CC(OC(=N)C(Cl)(Cl)Cl)c1cc(O[Si](C)(C)C(C)(C)C)cc(Br)c1OCc1ccccc1. The lowest BCUT2D eigenvalue weighted by molar-refractivity contribution is 0.196. The highest BCUT2D eigenvalue weighted by Crippen LogP contribution is 2.43. The van der Waals surface area contributed by atoms with Gasteiger partial charge in [-0.3, -0.25) is 5.41 Å². The van der Waals surface area contributed by atoms with Crippen LogP contribution in [0.2, 0.25) is 18.1 Å². The van der Waals surface area contributed by atoms with E-state index >= 15 is 0 Å². The molecule has 0 saturated carbocycles. The average molecular weight is 582 g/mol. The second kappa shape index (κ2) is 10.6. The summed E-state index contributed by atoms with van der Waals surface area (Å²) in [6.07, 6.45) is -0.622. The smallest absolute Gasteiger partial charge is 0.265 e. The summed E-state index contributed by atoms with van der Waals surface area (Å²) in [5.74, 6) is 0.818. The Morgan fingerprint density at radius 3 is 2.22 bits per heavy atom. The molecule has 0 heterocycles. The number of nitrogens with one attached hydrogen (secondary N) is 1. The third-order valence-corrected chi connectivity index (χ3v) is 10.9. The minimum atomic E-state index is -2.08. The Balaban J connectivity index is 2.43. The van der Waals surface area contributed by atoms with E-state index in [1.807, 2.05) is 42.5 Å². The van der Waals surface area contributed by atoms with Gasteiger partial charge in [0.2, 0.25) is 14.2 Å². The van der Waals surface area contributed by atoms with Crippen LogP contribution >= 0.6 is 50.7 Å². The zero-order valence-electron chi connectivity index (χ0n) is 19.1. The Kier molecular flexibility index (Phi) is 9.01. The van der Waals surface area contributed by atoms with Crippen LogP contribution in [0.3, 0.4) is 0 Å². The first kappa shape index (κ1) is 27.3. The highest BCUT2D eigenvalue weighted by Gasteiger charge is 2.39. The molecule has 0 amide bonds. The minimum absolute atomic E-state index is 0.0296. The van der Waals surface area contributed by atoms with E-state index in [0.29, 0.717) is 23.7 Å². The minimum Gasteiger partial charge on any atom is -0.543 e. The van der Waals surface area contributed by atoms with Gasteiger partial charge in [-0.2, -0.15) is 0 Å². The number of halogens is 4. The molecule has 176 valence electrons. The molecule has 0 bridgehead atoms. The molecule has 4 nitrogen and oxygen atoms in total. The van der Waals surface area contributed by atoms with E-state index < -0.39 is 24.1 Å². The molecule has 32 heavy (non-hydrogen) atoms. The van der Waals surface area contributed by atoms with Crippen molar-refractivity contribution in [1.82, 2.24) is 0 Å². The Hall–Kier alpha value is -0.923. The lowest BCUT2D eigenvalue weighted by atomic mass is 10.1. The summed E-state index contributed by atoms with van der Waals surface area (Å²) in [5, 5.41) is 7.99. The summed E-state index contributed by atoms with van der Waals surface area (Å²) < 4.78 is 17.1. The molecule has 9 heteroatoms. The van der Waals surface area contributed by atoms with E-state index in [1.54, 1.807) is 6.92 Å². The molecular formula is C23H29BrCl3NO3Si. The maximum absolute atomic E-state index is 7.97. The highest BCUT2D eigenvalue weighted by atomic mass is 79.9. The standard InChI is InChI=1S/C23H29BrCl3NO3Si/c1-15(30-21(28)23(25,26)27)18-12-17(31-32(5,6)22(2,3)4)13-19(24)20(18)29-14-16-10-8-7-9-11-16/h7-13,15,28H,14H2,1-6H3. The van der Waals surface area contributed by atoms with Crippen LogP contribution in [0.25, 0.3) is 0 Å². The molecule has 0 aromatic heterocycles. The third-order valence-electron chi connectivity index (χ3n) is 5.44. The van der Waals surface area contributed by atoms with Gasteiger partial charge in [0.15, 0.2) is 0 Å². The fourth-order valence-corrected chi connectivity index (χ4v) is 4.30. The van der Waals surface area contributed by atoms with Crippen LogP contribution in [0.15, 0.2) is 46.9 Å². The van der Waals surface area contributed by atoms with Gasteiger partial charge in [0.1, 0.15) is 24.2 Å². The first-order chi connectivity index (χ1) is 14.6. The predicted molar refractivity (Wildman–Crippen MR) is 140 cm³/mol. The normalized spacial score (nSPS) is 13.4. The molecule has 0 fully saturated rings. The fourth-order valence-electron chi connectivity index (χ4n) is 2.59. The molecule has 1 unspecified atom stereocenters. The van der Waals surface area contributed by atoms with Crippen LogP contribution in [0.1, 0.15) is 44.9 Å². The first-order valence-corrected chi connectivity index (χ1v) is 15.0. The number of hydrogen-bond donors (Lipinski definition) is 1. The zero-order chi connectivity index (χ0) is 24.3. The molecule has 1 atom stereocenters. The van der Waals surface area contributed by atoms with Crippen molar-refractivity contribution < 1.29 is 13.9 Å². The van der Waals surface area contributed by atoms with Crippen molar-refractivity contribution in [3.8, 4) is 11.5 Å². The molecule has 0 aliphatic carbocycles. The third kappa shape index (κ3) is 7.29. The van der Waals surface area contributed by atoms with Gasteiger partial charge in [0.05, 0.1) is 4.47 Å². The van der Waals surface area contributed by atoms with Crippen molar-refractivity contribution in [2.24, 2.45) is 0 Å². The zero-order valence-corrected chi connectivity index (χ0v) is 23.9. The largest absolute Gasteiger partial charge is 0.543 e. The van der Waals surface area contributed by atoms with E-state index in [-0.39, 0.29) is 5.04 Å². The molecule has 0 aliphatic rings. The first-order valence-electron chi connectivity index (χ1n) is 10.1. The van der Waals surface area contributed by atoms with E-state index in [1.165, 1.54) is 0 Å². The Morgan fingerprint density at radius 1 is 1.09 bits per heavy atom. The van der Waals surface area contributed by atoms with E-state index in [9.17, 15) is 0 Å². The maximum atomic E-state index is 7.97. The van der Waals surface area contributed by atoms with Crippen molar-refractivity contribution in [3.63, 3.8) is 0 Å². The fraction of sp³-hybridized carbons (Fsp3) is 0.435. The van der Waals surface area contributed by atoms with Crippen LogP contribution in [0.4, 0.5) is 0 Å². The van der Waals surface area contributed by atoms with Crippen LogP contribution in [0, 0.1) is 5.41 Å². The van der Waals surface area contributed by atoms with Gasteiger partial charge in [-0.1, -0.05) is 85.9 Å². The van der Waals surface area contributed by atoms with Gasteiger partial charge in [0.25, 0.3) is 3.79 Å². The van der Waals surface area contributed by atoms with Gasteiger partial charge in [-0.05, 0) is 58.7 Å². The molecule has 0 spiro atoms. The summed E-state index contributed by atoms with van der Waals surface area (Å²) >= 11 is 21.1. The number of hydrogen-bond acceptors (Lipinski definition) is 4. The van der Waals surface area contributed by atoms with Gasteiger partial charge < -0.3 is 13.9 Å². The van der Waals surface area contributed by atoms with E-state index in [4.69, 9.17) is 54.1 Å². The molecular weight excluding hydrogens is 553 g/mol. The van der Waals surface area contributed by atoms with Gasteiger partial charge in [0, 0.05) is 5.56 Å². The summed E-state index contributed by atoms with van der Waals surface area (Å²) in [4.78, 5) is 0. The van der Waals surface area contributed by atoms with Crippen molar-refractivity contribution in [3.05, 3.63) is 58.1 Å². The summed E-state index contributed by atoms with van der Waals surface area (Å²) in [6, 6.07) is 13.6. The lowest BCUT2D eigenvalue weighted by Crippen LogP contribution is -2.43. The molecule has 2 aromatic carbocycles. The van der Waals surface area contributed by atoms with Crippen molar-refractivity contribution in [1.29, 1.82) is 5.41 Å². The molecule has 0 radical (unpaired) electrons. The van der Waals surface area contributed by atoms with Crippen molar-refractivity contribution in [2.45, 2.75) is 62.3 Å². The number of rotatable bonds is 7. The van der Waals surface area contributed by atoms with Crippen molar-refractivity contribution in [2.75, 3.05) is 0 Å². The van der Waals surface area contributed by atoms with Crippen LogP contribution < -0.4 is 9.16 Å². The van der Waals surface area contributed by atoms with Crippen LogP contribution in [-0.4, -0.2) is 18.0 Å². The number of alkyl halides is 3. The number of benzene rings is 2. The van der Waals surface area contributed by atoms with Gasteiger partial charge >= 0.3 is 0 Å². The molecule has 0 aliphatic heterocycles. The quantitative estimate of drug-likeness (QED) is 0.154. The maximum Gasteiger partial charge on any atom is 0.265 e. The van der Waals surface area contributed by atoms with Crippen LogP contribution in [-0.2, 0) is 11.3 Å². The van der Waals surface area contributed by atoms with E-state index in [0.717, 1.165) is 10.0 Å². The number of ether oxygens (including phenoxy) is 2. The molecule has 0 saturated heterocycles. The van der Waals surface area contributed by atoms with E-state index in [2.05, 4.69) is 49.8 Å². The van der Waals surface area contributed by atoms with Crippen LogP contribution in [0.5, 0.6) is 11.5 Å². The molecule has 2 rings (SSSR count). The summed E-state index contributed by atoms with van der Waals surface area (Å²) in [5.41, 5.74) is 1.71. The Bertz CT molecular complexity index is 944. The Morgan fingerprint density at radius 2 is 1.69 bits per heavy atom. The summed E-state index contributed by atoms with van der Waals surface area (Å²) in [7, 11) is -2.08. The Labute approximate surface area is 215 Å². The monoisotopic (exact) mass is 579 g/mol. The highest BCUT2D eigenvalue weighted by molar-refractivity contribution is 9.10. The van der Waals surface area contributed by atoms with Gasteiger partial charge in [-0.15, -0.1) is 0 Å². The second-order valence-corrected chi connectivity index (χ2v) is 16.9. The van der Waals surface area contributed by atoms with Gasteiger partial charge in [-0.25, -0.2) is 0 Å². The predicted octanol–water partition coefficient (Wildman–Crippen LogP) is 8.84.